The maximum atomic E-state index is 12.1. The maximum absolute atomic E-state index is 12.1. The summed E-state index contributed by atoms with van der Waals surface area (Å²) in [4.78, 5) is 12.1. The first-order valence-electron chi connectivity index (χ1n) is 7.21. The number of nitrogens with one attached hydrogen (secondary N) is 2. The summed E-state index contributed by atoms with van der Waals surface area (Å²) in [5.41, 5.74) is 1.32. The minimum absolute atomic E-state index is 0. The largest absolute Gasteiger partial charge is 0.355 e. The monoisotopic (exact) mass is 304 g/mol. The van der Waals surface area contributed by atoms with E-state index in [-0.39, 0.29) is 24.2 Å². The summed E-state index contributed by atoms with van der Waals surface area (Å²) in [7, 11) is 1.89. The number of benzene rings is 2. The molecule has 0 saturated heterocycles. The number of likely N-dealkylation sites (N-methyl/N-ethyl adjacent to an activating group) is 1. The van der Waals surface area contributed by atoms with Crippen LogP contribution in [-0.4, -0.2) is 26.0 Å². The quantitative estimate of drug-likeness (QED) is 0.834. The van der Waals surface area contributed by atoms with E-state index in [9.17, 15) is 4.79 Å². The molecule has 0 bridgehead atoms. The average molecular weight is 305 g/mol. The summed E-state index contributed by atoms with van der Waals surface area (Å²) < 4.78 is 0. The SMILES string of the molecule is CNCCNC(=O)C1CC1c1cccc2ccccc12.Cl. The Labute approximate surface area is 131 Å². The minimum Gasteiger partial charge on any atom is -0.355 e. The van der Waals surface area contributed by atoms with Crippen LogP contribution in [0, 0.1) is 5.92 Å². The average Bonchev–Trinajstić information content (AvgIpc) is 3.27. The van der Waals surface area contributed by atoms with E-state index in [1.165, 1.54) is 16.3 Å². The van der Waals surface area contributed by atoms with Gasteiger partial charge in [-0.2, -0.15) is 0 Å². The van der Waals surface area contributed by atoms with E-state index in [4.69, 9.17) is 0 Å². The van der Waals surface area contributed by atoms with Gasteiger partial charge in [0.15, 0.2) is 0 Å². The van der Waals surface area contributed by atoms with Gasteiger partial charge in [0.2, 0.25) is 5.91 Å². The molecule has 0 aromatic heterocycles. The summed E-state index contributed by atoms with van der Waals surface area (Å²) >= 11 is 0. The molecule has 2 unspecified atom stereocenters. The first kappa shape index (κ1) is 15.8. The van der Waals surface area contributed by atoms with Gasteiger partial charge < -0.3 is 10.6 Å². The number of hydrogen-bond donors (Lipinski definition) is 2. The number of hydrogen-bond acceptors (Lipinski definition) is 2. The van der Waals surface area contributed by atoms with Crippen LogP contribution in [0.5, 0.6) is 0 Å². The van der Waals surface area contributed by atoms with Crippen molar-refractivity contribution < 1.29 is 4.79 Å². The topological polar surface area (TPSA) is 41.1 Å². The molecular weight excluding hydrogens is 284 g/mol. The fourth-order valence-electron chi connectivity index (χ4n) is 2.84. The van der Waals surface area contributed by atoms with E-state index in [0.29, 0.717) is 12.5 Å². The van der Waals surface area contributed by atoms with E-state index in [1.54, 1.807) is 0 Å². The van der Waals surface area contributed by atoms with Gasteiger partial charge in [0, 0.05) is 19.0 Å². The lowest BCUT2D eigenvalue weighted by molar-refractivity contribution is -0.122. The van der Waals surface area contributed by atoms with Crippen molar-refractivity contribution in [1.82, 2.24) is 10.6 Å². The Hall–Kier alpha value is -1.58. The van der Waals surface area contributed by atoms with E-state index in [1.807, 2.05) is 7.05 Å². The van der Waals surface area contributed by atoms with Crippen molar-refractivity contribution in [1.29, 1.82) is 0 Å². The predicted octanol–water partition coefficient (Wildman–Crippen LogP) is 2.70. The number of fused-ring (bicyclic) bond motifs is 1. The van der Waals surface area contributed by atoms with Crippen LogP contribution in [0.15, 0.2) is 42.5 Å². The van der Waals surface area contributed by atoms with E-state index in [2.05, 4.69) is 53.1 Å². The molecule has 0 radical (unpaired) electrons. The maximum Gasteiger partial charge on any atom is 0.223 e. The van der Waals surface area contributed by atoms with Gasteiger partial charge in [-0.3, -0.25) is 4.79 Å². The highest BCUT2D eigenvalue weighted by molar-refractivity contribution is 5.89. The van der Waals surface area contributed by atoms with Crippen molar-refractivity contribution in [3.05, 3.63) is 48.0 Å². The van der Waals surface area contributed by atoms with E-state index in [0.717, 1.165) is 13.0 Å². The zero-order chi connectivity index (χ0) is 13.9. The highest BCUT2D eigenvalue weighted by atomic mass is 35.5. The third-order valence-corrected chi connectivity index (χ3v) is 4.02. The molecule has 3 rings (SSSR count). The molecule has 0 spiro atoms. The fraction of sp³-hybridized carbons (Fsp3) is 0.353. The van der Waals surface area contributed by atoms with Crippen LogP contribution in [-0.2, 0) is 4.79 Å². The second-order valence-corrected chi connectivity index (χ2v) is 5.41. The Morgan fingerprint density at radius 2 is 1.90 bits per heavy atom. The molecule has 21 heavy (non-hydrogen) atoms. The molecular formula is C17H21ClN2O. The summed E-state index contributed by atoms with van der Waals surface area (Å²) in [5.74, 6) is 0.728. The van der Waals surface area contributed by atoms with Gasteiger partial charge in [0.05, 0.1) is 0 Å². The number of amides is 1. The Balaban J connectivity index is 0.00000161. The fourth-order valence-corrected chi connectivity index (χ4v) is 2.84. The molecule has 0 heterocycles. The molecule has 112 valence electrons. The summed E-state index contributed by atoms with van der Waals surface area (Å²) in [6, 6.07) is 14.8. The van der Waals surface area contributed by atoms with Crippen molar-refractivity contribution >= 4 is 29.1 Å². The number of carbonyl (C=O) groups excluding carboxylic acids is 1. The van der Waals surface area contributed by atoms with Crippen LogP contribution in [0.4, 0.5) is 0 Å². The molecule has 1 amide bonds. The second kappa shape index (κ2) is 6.92. The van der Waals surface area contributed by atoms with Gasteiger partial charge in [0.25, 0.3) is 0 Å². The van der Waals surface area contributed by atoms with Gasteiger partial charge in [-0.25, -0.2) is 0 Å². The minimum atomic E-state index is 0. The molecule has 2 aromatic rings. The van der Waals surface area contributed by atoms with Crippen molar-refractivity contribution in [2.24, 2.45) is 5.92 Å². The first-order valence-corrected chi connectivity index (χ1v) is 7.21. The van der Waals surface area contributed by atoms with Crippen molar-refractivity contribution in [3.8, 4) is 0 Å². The highest BCUT2D eigenvalue weighted by Gasteiger charge is 2.44. The molecule has 2 aromatic carbocycles. The van der Waals surface area contributed by atoms with Gasteiger partial charge in [-0.05, 0) is 35.7 Å². The molecule has 2 N–H and O–H groups in total. The lowest BCUT2D eigenvalue weighted by atomic mass is 10.00. The molecule has 1 aliphatic rings. The Morgan fingerprint density at radius 3 is 2.71 bits per heavy atom. The molecule has 4 heteroatoms. The third kappa shape index (κ3) is 3.36. The standard InChI is InChI=1S/C17H20N2O.ClH/c1-18-9-10-19-17(20)16-11-15(16)14-8-4-6-12-5-2-3-7-13(12)14;/h2-8,15-16,18H,9-11H2,1H3,(H,19,20);1H. The zero-order valence-corrected chi connectivity index (χ0v) is 13.0. The van der Waals surface area contributed by atoms with Crippen molar-refractivity contribution in [2.75, 3.05) is 20.1 Å². The van der Waals surface area contributed by atoms with Gasteiger partial charge in [0.1, 0.15) is 0 Å². The van der Waals surface area contributed by atoms with Gasteiger partial charge >= 0.3 is 0 Å². The van der Waals surface area contributed by atoms with Crippen LogP contribution in [0.3, 0.4) is 0 Å². The number of carbonyl (C=O) groups is 1. The van der Waals surface area contributed by atoms with Crippen LogP contribution in [0.1, 0.15) is 17.9 Å². The lowest BCUT2D eigenvalue weighted by Crippen LogP contribution is -2.31. The molecule has 1 aliphatic carbocycles. The summed E-state index contributed by atoms with van der Waals surface area (Å²) in [5, 5.41) is 8.57. The Kier molecular flexibility index (Phi) is 5.21. The van der Waals surface area contributed by atoms with Crippen LogP contribution in [0.25, 0.3) is 10.8 Å². The molecule has 1 saturated carbocycles. The molecule has 3 nitrogen and oxygen atoms in total. The summed E-state index contributed by atoms with van der Waals surface area (Å²) in [6.07, 6.45) is 0.972. The van der Waals surface area contributed by atoms with Gasteiger partial charge in [-0.1, -0.05) is 42.5 Å². The zero-order valence-electron chi connectivity index (χ0n) is 12.1. The lowest BCUT2D eigenvalue weighted by Gasteiger charge is -2.07. The van der Waals surface area contributed by atoms with Gasteiger partial charge in [-0.15, -0.1) is 12.4 Å². The molecule has 0 aliphatic heterocycles. The normalized spacial score (nSPS) is 19.9. The predicted molar refractivity (Wildman–Crippen MR) is 89.0 cm³/mol. The van der Waals surface area contributed by atoms with Crippen molar-refractivity contribution in [3.63, 3.8) is 0 Å². The van der Waals surface area contributed by atoms with Crippen LogP contribution < -0.4 is 10.6 Å². The molecule has 1 fully saturated rings. The second-order valence-electron chi connectivity index (χ2n) is 5.41. The van der Waals surface area contributed by atoms with E-state index >= 15 is 0 Å². The van der Waals surface area contributed by atoms with Crippen LogP contribution in [0.2, 0.25) is 0 Å². The Morgan fingerprint density at radius 1 is 1.14 bits per heavy atom. The number of rotatable bonds is 5. The highest BCUT2D eigenvalue weighted by Crippen LogP contribution is 2.49. The Bertz CT molecular complexity index is 624. The smallest absolute Gasteiger partial charge is 0.223 e. The molecule has 2 atom stereocenters. The van der Waals surface area contributed by atoms with E-state index < -0.39 is 0 Å². The first-order chi connectivity index (χ1) is 9.81. The summed E-state index contributed by atoms with van der Waals surface area (Å²) in [6.45, 7) is 1.52. The third-order valence-electron chi connectivity index (χ3n) is 4.02. The van der Waals surface area contributed by atoms with Crippen molar-refractivity contribution in [2.45, 2.75) is 12.3 Å². The van der Waals surface area contributed by atoms with Crippen LogP contribution >= 0.6 is 12.4 Å². The number of halogens is 1.